The first kappa shape index (κ1) is 15.8. The molecule has 4 nitrogen and oxygen atoms in total. The molecular formula is C17H27N3O. The van der Waals surface area contributed by atoms with E-state index < -0.39 is 0 Å². The summed E-state index contributed by atoms with van der Waals surface area (Å²) in [7, 11) is 2.09. The number of rotatable bonds is 6. The molecule has 4 heteroatoms. The Morgan fingerprint density at radius 2 is 2.14 bits per heavy atom. The predicted molar refractivity (Wildman–Crippen MR) is 87.5 cm³/mol. The average molecular weight is 289 g/mol. The van der Waals surface area contributed by atoms with E-state index in [1.54, 1.807) is 0 Å². The molecule has 2 atom stereocenters. The molecule has 1 fully saturated rings. The van der Waals surface area contributed by atoms with E-state index in [2.05, 4.69) is 41.6 Å². The zero-order chi connectivity index (χ0) is 15.1. The van der Waals surface area contributed by atoms with Gasteiger partial charge in [0.1, 0.15) is 0 Å². The summed E-state index contributed by atoms with van der Waals surface area (Å²) >= 11 is 0. The number of nitrogens with one attached hydrogen (secondary N) is 2. The van der Waals surface area contributed by atoms with Gasteiger partial charge in [-0.1, -0.05) is 18.2 Å². The first-order valence-electron chi connectivity index (χ1n) is 7.94. The second kappa shape index (κ2) is 8.03. The third-order valence-electron chi connectivity index (χ3n) is 4.16. The summed E-state index contributed by atoms with van der Waals surface area (Å²) < 4.78 is 0. The first-order valence-corrected chi connectivity index (χ1v) is 7.94. The van der Waals surface area contributed by atoms with Crippen molar-refractivity contribution in [3.63, 3.8) is 0 Å². The average Bonchev–Trinajstić information content (AvgIpc) is 2.52. The van der Waals surface area contributed by atoms with Gasteiger partial charge in [0, 0.05) is 37.8 Å². The van der Waals surface area contributed by atoms with Crippen molar-refractivity contribution in [2.45, 2.75) is 32.2 Å². The number of piperidine rings is 1. The van der Waals surface area contributed by atoms with Crippen LogP contribution in [0.4, 0.5) is 5.69 Å². The maximum absolute atomic E-state index is 12.1. The summed E-state index contributed by atoms with van der Waals surface area (Å²) in [6.07, 6.45) is 2.88. The van der Waals surface area contributed by atoms with Gasteiger partial charge >= 0.3 is 0 Å². The number of nitrogens with zero attached hydrogens (tertiary/aromatic N) is 1. The van der Waals surface area contributed by atoms with Crippen molar-refractivity contribution in [1.29, 1.82) is 0 Å². The largest absolute Gasteiger partial charge is 0.375 e. The summed E-state index contributed by atoms with van der Waals surface area (Å²) in [5.41, 5.74) is 1.22. The Morgan fingerprint density at radius 3 is 2.86 bits per heavy atom. The monoisotopic (exact) mass is 289 g/mol. The van der Waals surface area contributed by atoms with Crippen molar-refractivity contribution >= 4 is 11.6 Å². The van der Waals surface area contributed by atoms with Gasteiger partial charge < -0.3 is 15.5 Å². The molecular weight excluding hydrogens is 262 g/mol. The lowest BCUT2D eigenvalue weighted by atomic mass is 9.92. The lowest BCUT2D eigenvalue weighted by Crippen LogP contribution is -2.42. The fourth-order valence-corrected chi connectivity index (χ4v) is 2.85. The van der Waals surface area contributed by atoms with Crippen molar-refractivity contribution in [3.05, 3.63) is 30.3 Å². The minimum Gasteiger partial charge on any atom is -0.375 e. The van der Waals surface area contributed by atoms with E-state index in [0.29, 0.717) is 6.04 Å². The molecule has 0 bridgehead atoms. The van der Waals surface area contributed by atoms with E-state index >= 15 is 0 Å². The van der Waals surface area contributed by atoms with Crippen LogP contribution < -0.4 is 15.5 Å². The maximum Gasteiger partial charge on any atom is 0.223 e. The summed E-state index contributed by atoms with van der Waals surface area (Å²) in [6, 6.07) is 10.8. The fourth-order valence-electron chi connectivity index (χ4n) is 2.85. The number of anilines is 1. The van der Waals surface area contributed by atoms with Crippen LogP contribution in [0.5, 0.6) is 0 Å². The molecule has 0 aliphatic carbocycles. The smallest absolute Gasteiger partial charge is 0.223 e. The number of amides is 1. The molecule has 1 saturated heterocycles. The molecule has 1 heterocycles. The van der Waals surface area contributed by atoms with Crippen LogP contribution in [-0.2, 0) is 4.79 Å². The molecule has 116 valence electrons. The minimum atomic E-state index is 0.188. The molecule has 1 aliphatic rings. The van der Waals surface area contributed by atoms with Crippen LogP contribution in [-0.4, -0.2) is 38.6 Å². The lowest BCUT2D eigenvalue weighted by molar-refractivity contribution is -0.126. The predicted octanol–water partition coefficient (Wildman–Crippen LogP) is 2.02. The van der Waals surface area contributed by atoms with E-state index in [4.69, 9.17) is 0 Å². The summed E-state index contributed by atoms with van der Waals surface area (Å²) in [5.74, 6) is 0.416. The lowest BCUT2D eigenvalue weighted by Gasteiger charge is -2.27. The van der Waals surface area contributed by atoms with Gasteiger partial charge in [-0.3, -0.25) is 4.79 Å². The summed E-state index contributed by atoms with van der Waals surface area (Å²) in [5, 5.41) is 6.47. The highest BCUT2D eigenvalue weighted by Gasteiger charge is 2.24. The number of benzene rings is 1. The van der Waals surface area contributed by atoms with Crippen LogP contribution in [0.3, 0.4) is 0 Å². The second-order valence-electron chi connectivity index (χ2n) is 5.98. The summed E-state index contributed by atoms with van der Waals surface area (Å²) in [6.45, 7) is 4.81. The highest BCUT2D eigenvalue weighted by atomic mass is 16.1. The minimum absolute atomic E-state index is 0.188. The van der Waals surface area contributed by atoms with E-state index in [9.17, 15) is 4.79 Å². The Balaban J connectivity index is 1.64. The fraction of sp³-hybridized carbons (Fsp3) is 0.588. The molecule has 1 aromatic rings. The molecule has 0 spiro atoms. The van der Waals surface area contributed by atoms with Gasteiger partial charge in [-0.2, -0.15) is 0 Å². The number of para-hydroxylation sites is 1. The van der Waals surface area contributed by atoms with Gasteiger partial charge in [0.2, 0.25) is 5.91 Å². The number of carbonyl (C=O) groups is 1. The molecule has 21 heavy (non-hydrogen) atoms. The van der Waals surface area contributed by atoms with Gasteiger partial charge in [-0.25, -0.2) is 0 Å². The third-order valence-corrected chi connectivity index (χ3v) is 4.16. The van der Waals surface area contributed by atoms with Crippen molar-refractivity contribution in [1.82, 2.24) is 10.6 Å². The van der Waals surface area contributed by atoms with Gasteiger partial charge in [0.25, 0.3) is 0 Å². The van der Waals surface area contributed by atoms with E-state index in [0.717, 1.165) is 38.9 Å². The molecule has 2 unspecified atom stereocenters. The van der Waals surface area contributed by atoms with Crippen LogP contribution in [0.15, 0.2) is 30.3 Å². The van der Waals surface area contributed by atoms with Crippen LogP contribution in [0.25, 0.3) is 0 Å². The first-order chi connectivity index (χ1) is 10.2. The van der Waals surface area contributed by atoms with Gasteiger partial charge in [0.05, 0.1) is 0 Å². The van der Waals surface area contributed by atoms with E-state index in [-0.39, 0.29) is 11.8 Å². The van der Waals surface area contributed by atoms with Crippen molar-refractivity contribution in [2.75, 3.05) is 31.6 Å². The Kier molecular flexibility index (Phi) is 6.05. The Bertz CT molecular complexity index is 435. The Morgan fingerprint density at radius 1 is 1.38 bits per heavy atom. The van der Waals surface area contributed by atoms with Crippen LogP contribution >= 0.6 is 0 Å². The standard InChI is InChI=1S/C17H27N3O/c1-14-13-15(9-11-18-14)17(21)19-10-6-12-20(2)16-7-4-3-5-8-16/h3-5,7-8,14-15,18H,6,9-13H2,1-2H3,(H,19,21). The van der Waals surface area contributed by atoms with Crippen molar-refractivity contribution < 1.29 is 4.79 Å². The van der Waals surface area contributed by atoms with E-state index in [1.165, 1.54) is 5.69 Å². The van der Waals surface area contributed by atoms with Crippen molar-refractivity contribution in [3.8, 4) is 0 Å². The number of carbonyl (C=O) groups excluding carboxylic acids is 1. The maximum atomic E-state index is 12.1. The van der Waals surface area contributed by atoms with Gasteiger partial charge in [0.15, 0.2) is 0 Å². The zero-order valence-corrected chi connectivity index (χ0v) is 13.1. The zero-order valence-electron chi connectivity index (χ0n) is 13.1. The number of hydrogen-bond acceptors (Lipinski definition) is 3. The highest BCUT2D eigenvalue weighted by Crippen LogP contribution is 2.16. The van der Waals surface area contributed by atoms with Gasteiger partial charge in [-0.05, 0) is 44.9 Å². The normalized spacial score (nSPS) is 21.8. The van der Waals surface area contributed by atoms with Gasteiger partial charge in [-0.15, -0.1) is 0 Å². The third kappa shape index (κ3) is 5.05. The molecule has 2 rings (SSSR count). The molecule has 0 saturated carbocycles. The van der Waals surface area contributed by atoms with Crippen molar-refractivity contribution in [2.24, 2.45) is 5.92 Å². The molecule has 2 N–H and O–H groups in total. The second-order valence-corrected chi connectivity index (χ2v) is 5.98. The van der Waals surface area contributed by atoms with E-state index in [1.807, 2.05) is 18.2 Å². The molecule has 1 amide bonds. The number of hydrogen-bond donors (Lipinski definition) is 2. The van der Waals surface area contributed by atoms with Crippen LogP contribution in [0.2, 0.25) is 0 Å². The Hall–Kier alpha value is -1.55. The summed E-state index contributed by atoms with van der Waals surface area (Å²) in [4.78, 5) is 14.3. The molecule has 1 aliphatic heterocycles. The molecule has 0 aromatic heterocycles. The highest BCUT2D eigenvalue weighted by molar-refractivity contribution is 5.78. The molecule has 1 aromatic carbocycles. The van der Waals surface area contributed by atoms with Crippen LogP contribution in [0, 0.1) is 5.92 Å². The Labute approximate surface area is 127 Å². The molecule has 0 radical (unpaired) electrons. The quantitative estimate of drug-likeness (QED) is 0.788. The van der Waals surface area contributed by atoms with Crippen LogP contribution in [0.1, 0.15) is 26.2 Å². The SMILES string of the molecule is CC1CC(C(=O)NCCCN(C)c2ccccc2)CCN1. The topological polar surface area (TPSA) is 44.4 Å².